The maximum absolute atomic E-state index is 12.7. The van der Waals surface area contributed by atoms with Crippen molar-refractivity contribution in [2.45, 2.75) is 11.4 Å². The van der Waals surface area contributed by atoms with Gasteiger partial charge in [0.05, 0.1) is 11.6 Å². The molecule has 136 valence electrons. The highest BCUT2D eigenvalue weighted by molar-refractivity contribution is 7.89. The van der Waals surface area contributed by atoms with Crippen molar-refractivity contribution in [2.75, 3.05) is 7.05 Å². The zero-order valence-electron chi connectivity index (χ0n) is 13.4. The van der Waals surface area contributed by atoms with Crippen LogP contribution in [0.15, 0.2) is 51.9 Å². The number of halogens is 3. The van der Waals surface area contributed by atoms with E-state index in [-0.39, 0.29) is 27.4 Å². The van der Waals surface area contributed by atoms with Crippen LogP contribution in [0.5, 0.6) is 0 Å². The van der Waals surface area contributed by atoms with Gasteiger partial charge in [-0.15, -0.1) is 0 Å². The van der Waals surface area contributed by atoms with E-state index in [0.717, 1.165) is 4.31 Å². The Kier molecular flexibility index (Phi) is 5.55. The zero-order valence-corrected chi connectivity index (χ0v) is 16.4. The van der Waals surface area contributed by atoms with Crippen molar-refractivity contribution in [3.05, 3.63) is 63.4 Å². The van der Waals surface area contributed by atoms with Crippen molar-refractivity contribution in [3.63, 3.8) is 0 Å². The van der Waals surface area contributed by atoms with E-state index in [4.69, 9.17) is 39.3 Å². The van der Waals surface area contributed by atoms with Crippen LogP contribution in [0.4, 0.5) is 0 Å². The minimum atomic E-state index is -3.88. The summed E-state index contributed by atoms with van der Waals surface area (Å²) in [6, 6.07) is 11.1. The first-order valence-electron chi connectivity index (χ1n) is 7.27. The molecular weight excluding hydrogens is 421 g/mol. The van der Waals surface area contributed by atoms with E-state index >= 15 is 0 Å². The quantitative estimate of drug-likeness (QED) is 0.592. The Balaban J connectivity index is 1.82. The highest BCUT2D eigenvalue weighted by Gasteiger charge is 2.26. The Hall–Kier alpha value is -1.64. The third-order valence-corrected chi connectivity index (χ3v) is 6.28. The molecule has 0 aliphatic heterocycles. The molecule has 0 aliphatic rings. The molecule has 2 aromatic carbocycles. The van der Waals surface area contributed by atoms with Crippen molar-refractivity contribution >= 4 is 44.8 Å². The van der Waals surface area contributed by atoms with Crippen LogP contribution >= 0.6 is 34.8 Å². The lowest BCUT2D eigenvalue weighted by Crippen LogP contribution is -2.27. The Morgan fingerprint density at radius 3 is 2.38 bits per heavy atom. The van der Waals surface area contributed by atoms with E-state index in [1.165, 1.54) is 25.2 Å². The zero-order chi connectivity index (χ0) is 18.9. The van der Waals surface area contributed by atoms with Crippen LogP contribution in [0.3, 0.4) is 0 Å². The number of hydrogen-bond donors (Lipinski definition) is 0. The smallest absolute Gasteiger partial charge is 0.244 e. The fourth-order valence-electron chi connectivity index (χ4n) is 2.15. The highest BCUT2D eigenvalue weighted by Crippen LogP contribution is 2.28. The summed E-state index contributed by atoms with van der Waals surface area (Å²) in [7, 11) is -2.49. The predicted molar refractivity (Wildman–Crippen MR) is 99.9 cm³/mol. The molecule has 0 spiro atoms. The summed E-state index contributed by atoms with van der Waals surface area (Å²) in [6.45, 7) is -0.119. The minimum absolute atomic E-state index is 0.0774. The summed E-state index contributed by atoms with van der Waals surface area (Å²) in [5.74, 6) is 0.474. The lowest BCUT2D eigenvalue weighted by molar-refractivity contribution is 0.337. The van der Waals surface area contributed by atoms with Gasteiger partial charge in [0.1, 0.15) is 4.90 Å². The number of nitrogens with zero attached hydrogens (tertiary/aromatic N) is 3. The van der Waals surface area contributed by atoms with Crippen LogP contribution in [0.2, 0.25) is 15.1 Å². The first-order chi connectivity index (χ1) is 12.3. The third-order valence-electron chi connectivity index (χ3n) is 3.51. The molecule has 0 N–H and O–H groups in total. The average Bonchev–Trinajstić information content (AvgIpc) is 3.06. The second-order valence-electron chi connectivity index (χ2n) is 5.35. The lowest BCUT2D eigenvalue weighted by atomic mass is 10.2. The molecule has 26 heavy (non-hydrogen) atoms. The monoisotopic (exact) mass is 431 g/mol. The topological polar surface area (TPSA) is 76.3 Å². The van der Waals surface area contributed by atoms with E-state index in [1.54, 1.807) is 24.3 Å². The molecule has 0 saturated carbocycles. The molecule has 0 unspecified atom stereocenters. The summed E-state index contributed by atoms with van der Waals surface area (Å²) in [5.41, 5.74) is 0.702. The maximum Gasteiger partial charge on any atom is 0.244 e. The molecule has 0 atom stereocenters. The molecule has 10 heteroatoms. The van der Waals surface area contributed by atoms with Gasteiger partial charge in [0.25, 0.3) is 0 Å². The molecular formula is C16H12Cl3N3O3S. The molecule has 3 aromatic rings. The summed E-state index contributed by atoms with van der Waals surface area (Å²) in [5, 5.41) is 4.79. The van der Waals surface area contributed by atoms with E-state index in [1.807, 2.05) is 0 Å². The number of sulfonamides is 1. The maximum atomic E-state index is 12.7. The standard InChI is InChI=1S/C16H12Cl3N3O3S/c1-22(26(23,24)14-8-12(18)6-7-13(14)19)9-15-20-16(21-25-15)10-2-4-11(17)5-3-10/h2-8H,9H2,1H3. The van der Waals surface area contributed by atoms with Gasteiger partial charge in [0.2, 0.25) is 21.7 Å². The van der Waals surface area contributed by atoms with Crippen LogP contribution < -0.4 is 0 Å². The lowest BCUT2D eigenvalue weighted by Gasteiger charge is -2.16. The molecule has 6 nitrogen and oxygen atoms in total. The van der Waals surface area contributed by atoms with Gasteiger partial charge < -0.3 is 4.52 Å². The molecule has 0 bridgehead atoms. The van der Waals surface area contributed by atoms with E-state index < -0.39 is 10.0 Å². The summed E-state index contributed by atoms with van der Waals surface area (Å²) >= 11 is 17.7. The molecule has 0 radical (unpaired) electrons. The summed E-state index contributed by atoms with van der Waals surface area (Å²) in [6.07, 6.45) is 0. The fraction of sp³-hybridized carbons (Fsp3) is 0.125. The van der Waals surface area contributed by atoms with E-state index in [9.17, 15) is 8.42 Å². The van der Waals surface area contributed by atoms with Gasteiger partial charge >= 0.3 is 0 Å². The van der Waals surface area contributed by atoms with Crippen LogP contribution in [0, 0.1) is 0 Å². The molecule has 0 saturated heterocycles. The largest absolute Gasteiger partial charge is 0.338 e. The van der Waals surface area contributed by atoms with Crippen LogP contribution in [0.1, 0.15) is 5.89 Å². The van der Waals surface area contributed by atoms with Gasteiger partial charge in [0, 0.05) is 22.7 Å². The third kappa shape index (κ3) is 4.02. The molecule has 1 heterocycles. The van der Waals surface area contributed by atoms with Crippen LogP contribution in [0.25, 0.3) is 11.4 Å². The Morgan fingerprint density at radius 2 is 1.69 bits per heavy atom. The van der Waals surface area contributed by atoms with Gasteiger partial charge in [-0.1, -0.05) is 40.0 Å². The Labute approximate surface area is 165 Å². The van der Waals surface area contributed by atoms with Crippen molar-refractivity contribution < 1.29 is 12.9 Å². The first-order valence-corrected chi connectivity index (χ1v) is 9.84. The van der Waals surface area contributed by atoms with E-state index in [0.29, 0.717) is 16.4 Å². The van der Waals surface area contributed by atoms with Crippen LogP contribution in [-0.4, -0.2) is 29.9 Å². The van der Waals surface area contributed by atoms with Crippen molar-refractivity contribution in [1.82, 2.24) is 14.4 Å². The van der Waals surface area contributed by atoms with Gasteiger partial charge in [0.15, 0.2) is 0 Å². The first kappa shape index (κ1) is 19.1. The second kappa shape index (κ2) is 7.54. The van der Waals surface area contributed by atoms with Gasteiger partial charge in [-0.25, -0.2) is 8.42 Å². The van der Waals surface area contributed by atoms with Gasteiger partial charge in [-0.2, -0.15) is 9.29 Å². The normalized spacial score (nSPS) is 11.9. The molecule has 3 rings (SSSR count). The summed E-state index contributed by atoms with van der Waals surface area (Å²) < 4.78 is 31.6. The molecule has 0 fully saturated rings. The van der Waals surface area contributed by atoms with Crippen molar-refractivity contribution in [2.24, 2.45) is 0 Å². The highest BCUT2D eigenvalue weighted by atomic mass is 35.5. The number of benzene rings is 2. The van der Waals surface area contributed by atoms with Crippen molar-refractivity contribution in [1.29, 1.82) is 0 Å². The Morgan fingerprint density at radius 1 is 1.04 bits per heavy atom. The fourth-order valence-corrected chi connectivity index (χ4v) is 4.13. The van der Waals surface area contributed by atoms with Crippen molar-refractivity contribution in [3.8, 4) is 11.4 Å². The number of rotatable bonds is 5. The summed E-state index contributed by atoms with van der Waals surface area (Å²) in [4.78, 5) is 4.12. The van der Waals surface area contributed by atoms with Crippen LogP contribution in [-0.2, 0) is 16.6 Å². The number of aromatic nitrogens is 2. The molecule has 1 aromatic heterocycles. The van der Waals surface area contributed by atoms with Gasteiger partial charge in [-0.3, -0.25) is 0 Å². The minimum Gasteiger partial charge on any atom is -0.338 e. The number of hydrogen-bond acceptors (Lipinski definition) is 5. The van der Waals surface area contributed by atoms with Gasteiger partial charge in [-0.05, 0) is 42.5 Å². The molecule has 0 aliphatic carbocycles. The predicted octanol–water partition coefficient (Wildman–Crippen LogP) is 4.52. The average molecular weight is 433 g/mol. The second-order valence-corrected chi connectivity index (χ2v) is 8.65. The molecule has 0 amide bonds. The Bertz CT molecular complexity index is 1040. The van der Waals surface area contributed by atoms with E-state index in [2.05, 4.69) is 10.1 Å². The SMILES string of the molecule is CN(Cc1nc(-c2ccc(Cl)cc2)no1)S(=O)(=O)c1cc(Cl)ccc1Cl.